The summed E-state index contributed by atoms with van der Waals surface area (Å²) >= 11 is 0. The van der Waals surface area contributed by atoms with Crippen LogP contribution in [0.1, 0.15) is 22.7 Å². The van der Waals surface area contributed by atoms with Crippen LogP contribution in [0.25, 0.3) is 0 Å². The van der Waals surface area contributed by atoms with E-state index in [0.717, 1.165) is 38.4 Å². The Labute approximate surface area is 131 Å². The van der Waals surface area contributed by atoms with Crippen LogP contribution in [0.15, 0.2) is 59.6 Å². The molecule has 0 radical (unpaired) electrons. The molecule has 0 saturated heterocycles. The average molecular weight is 291 g/mol. The molecule has 2 aliphatic heterocycles. The molecule has 3 heteroatoms. The number of rotatable bonds is 4. The zero-order valence-electron chi connectivity index (χ0n) is 12.7. The van der Waals surface area contributed by atoms with Gasteiger partial charge in [-0.05, 0) is 23.1 Å². The number of benzene rings is 2. The number of amidine groups is 1. The van der Waals surface area contributed by atoms with Crippen LogP contribution >= 0.6 is 0 Å². The van der Waals surface area contributed by atoms with E-state index in [1.807, 2.05) is 0 Å². The Kier molecular flexibility index (Phi) is 3.65. The summed E-state index contributed by atoms with van der Waals surface area (Å²) in [6.07, 6.45) is 1.06. The van der Waals surface area contributed by atoms with Crippen molar-refractivity contribution < 1.29 is 0 Å². The largest absolute Gasteiger partial charge is 0.371 e. The molecule has 22 heavy (non-hydrogen) atoms. The van der Waals surface area contributed by atoms with Gasteiger partial charge in [0.05, 0.1) is 13.1 Å². The number of nitrogens with one attached hydrogen (secondary N) is 1. The Hall–Kier alpha value is -2.13. The highest BCUT2D eigenvalue weighted by molar-refractivity contribution is 5.85. The maximum atomic E-state index is 4.57. The fourth-order valence-corrected chi connectivity index (χ4v) is 3.52. The fourth-order valence-electron chi connectivity index (χ4n) is 3.52. The van der Waals surface area contributed by atoms with Crippen molar-refractivity contribution in [2.45, 2.75) is 19.0 Å². The van der Waals surface area contributed by atoms with Gasteiger partial charge >= 0.3 is 0 Å². The Morgan fingerprint density at radius 3 is 2.68 bits per heavy atom. The summed E-state index contributed by atoms with van der Waals surface area (Å²) in [5.74, 6) is 1.14. The van der Waals surface area contributed by atoms with Crippen LogP contribution in [0, 0.1) is 0 Å². The first-order valence-electron chi connectivity index (χ1n) is 8.03. The van der Waals surface area contributed by atoms with Gasteiger partial charge in [0.1, 0.15) is 5.84 Å². The van der Waals surface area contributed by atoms with Crippen LogP contribution in [0.4, 0.5) is 0 Å². The molecule has 2 heterocycles. The first-order chi connectivity index (χ1) is 10.9. The molecule has 1 N–H and O–H groups in total. The zero-order chi connectivity index (χ0) is 14.8. The van der Waals surface area contributed by atoms with Crippen molar-refractivity contribution in [1.29, 1.82) is 0 Å². The minimum absolute atomic E-state index is 0.448. The first kappa shape index (κ1) is 13.5. The van der Waals surface area contributed by atoms with Gasteiger partial charge in [-0.1, -0.05) is 54.6 Å². The van der Waals surface area contributed by atoms with Crippen LogP contribution in [-0.4, -0.2) is 30.4 Å². The van der Waals surface area contributed by atoms with E-state index in [4.69, 9.17) is 0 Å². The fraction of sp³-hybridized carbons (Fsp3) is 0.316. The van der Waals surface area contributed by atoms with Crippen molar-refractivity contribution in [1.82, 2.24) is 10.2 Å². The Bertz CT molecular complexity index is 678. The lowest BCUT2D eigenvalue weighted by atomic mass is 9.98. The van der Waals surface area contributed by atoms with Gasteiger partial charge in [0, 0.05) is 19.1 Å². The summed E-state index contributed by atoms with van der Waals surface area (Å²) < 4.78 is 0. The van der Waals surface area contributed by atoms with Gasteiger partial charge in [0.15, 0.2) is 0 Å². The number of hydrogen-bond acceptors (Lipinski definition) is 3. The standard InChI is InChI=1S/C19H21N3/c1-2-6-15(7-3-1)12-18-17-9-5-4-8-16(17)13-22(18)14-19-20-10-11-21-19/h1-9,18H,10-14H2,(H,20,21). The summed E-state index contributed by atoms with van der Waals surface area (Å²) in [7, 11) is 0. The number of fused-ring (bicyclic) bond motifs is 1. The van der Waals surface area contributed by atoms with Gasteiger partial charge in [-0.15, -0.1) is 0 Å². The predicted octanol–water partition coefficient (Wildman–Crippen LogP) is 2.79. The smallest absolute Gasteiger partial charge is 0.111 e. The molecular formula is C19H21N3. The number of hydrogen-bond donors (Lipinski definition) is 1. The third kappa shape index (κ3) is 2.64. The van der Waals surface area contributed by atoms with E-state index >= 15 is 0 Å². The van der Waals surface area contributed by atoms with Crippen LogP contribution in [0.5, 0.6) is 0 Å². The molecule has 0 fully saturated rings. The number of aliphatic imine (C=N–C) groups is 1. The molecule has 112 valence electrons. The van der Waals surface area contributed by atoms with Crippen LogP contribution in [0.3, 0.4) is 0 Å². The molecule has 0 bridgehead atoms. The minimum Gasteiger partial charge on any atom is -0.371 e. The van der Waals surface area contributed by atoms with Crippen molar-refractivity contribution in [3.8, 4) is 0 Å². The summed E-state index contributed by atoms with van der Waals surface area (Å²) in [4.78, 5) is 7.12. The van der Waals surface area contributed by atoms with Gasteiger partial charge in [0.25, 0.3) is 0 Å². The van der Waals surface area contributed by atoms with E-state index in [2.05, 4.69) is 69.8 Å². The second-order valence-electron chi connectivity index (χ2n) is 6.06. The SMILES string of the molecule is c1ccc(CC2c3ccccc3CN2CC2=NCCN2)cc1. The Morgan fingerprint density at radius 1 is 1.05 bits per heavy atom. The van der Waals surface area contributed by atoms with Gasteiger partial charge in [-0.25, -0.2) is 0 Å². The summed E-state index contributed by atoms with van der Waals surface area (Å²) in [6, 6.07) is 20.1. The maximum Gasteiger partial charge on any atom is 0.111 e. The van der Waals surface area contributed by atoms with Gasteiger partial charge in [-0.2, -0.15) is 0 Å². The van der Waals surface area contributed by atoms with Crippen molar-refractivity contribution in [3.05, 3.63) is 71.3 Å². The van der Waals surface area contributed by atoms with E-state index in [0.29, 0.717) is 6.04 Å². The van der Waals surface area contributed by atoms with E-state index in [9.17, 15) is 0 Å². The van der Waals surface area contributed by atoms with Gasteiger partial charge in [0.2, 0.25) is 0 Å². The average Bonchev–Trinajstić information content (AvgIpc) is 3.18. The van der Waals surface area contributed by atoms with Crippen LogP contribution < -0.4 is 5.32 Å². The molecule has 2 aromatic carbocycles. The highest BCUT2D eigenvalue weighted by atomic mass is 15.2. The summed E-state index contributed by atoms with van der Waals surface area (Å²) in [6.45, 7) is 3.85. The monoisotopic (exact) mass is 291 g/mol. The summed E-state index contributed by atoms with van der Waals surface area (Å²) in [5, 5.41) is 3.40. The molecule has 0 amide bonds. The van der Waals surface area contributed by atoms with E-state index in [-0.39, 0.29) is 0 Å². The van der Waals surface area contributed by atoms with Crippen molar-refractivity contribution in [3.63, 3.8) is 0 Å². The van der Waals surface area contributed by atoms with Crippen LogP contribution in [0.2, 0.25) is 0 Å². The van der Waals surface area contributed by atoms with Crippen molar-refractivity contribution in [2.75, 3.05) is 19.6 Å². The minimum atomic E-state index is 0.448. The lowest BCUT2D eigenvalue weighted by molar-refractivity contribution is 0.245. The zero-order valence-corrected chi connectivity index (χ0v) is 12.7. The lowest BCUT2D eigenvalue weighted by Crippen LogP contribution is -2.34. The van der Waals surface area contributed by atoms with Gasteiger partial charge < -0.3 is 5.32 Å². The third-order valence-electron chi connectivity index (χ3n) is 4.60. The summed E-state index contributed by atoms with van der Waals surface area (Å²) in [5.41, 5.74) is 4.34. The molecular weight excluding hydrogens is 270 g/mol. The molecule has 1 atom stereocenters. The van der Waals surface area contributed by atoms with E-state index in [1.54, 1.807) is 0 Å². The quantitative estimate of drug-likeness (QED) is 0.938. The number of nitrogens with zero attached hydrogens (tertiary/aromatic N) is 2. The Balaban J connectivity index is 1.60. The van der Waals surface area contributed by atoms with E-state index in [1.165, 1.54) is 16.7 Å². The lowest BCUT2D eigenvalue weighted by Gasteiger charge is -2.25. The third-order valence-corrected chi connectivity index (χ3v) is 4.60. The second-order valence-corrected chi connectivity index (χ2v) is 6.06. The molecule has 0 saturated carbocycles. The molecule has 1 unspecified atom stereocenters. The first-order valence-corrected chi connectivity index (χ1v) is 8.03. The van der Waals surface area contributed by atoms with Crippen molar-refractivity contribution in [2.24, 2.45) is 4.99 Å². The molecule has 0 aliphatic carbocycles. The highest BCUT2D eigenvalue weighted by Crippen LogP contribution is 2.35. The highest BCUT2D eigenvalue weighted by Gasteiger charge is 2.30. The second kappa shape index (κ2) is 5.93. The topological polar surface area (TPSA) is 27.6 Å². The molecule has 3 nitrogen and oxygen atoms in total. The van der Waals surface area contributed by atoms with Crippen LogP contribution in [-0.2, 0) is 13.0 Å². The molecule has 4 rings (SSSR count). The maximum absolute atomic E-state index is 4.57. The molecule has 2 aliphatic rings. The predicted molar refractivity (Wildman–Crippen MR) is 90.0 cm³/mol. The van der Waals surface area contributed by atoms with Gasteiger partial charge in [-0.3, -0.25) is 9.89 Å². The molecule has 2 aromatic rings. The van der Waals surface area contributed by atoms with E-state index < -0.39 is 0 Å². The Morgan fingerprint density at radius 2 is 1.86 bits per heavy atom. The molecule has 0 aromatic heterocycles. The molecule has 0 spiro atoms. The van der Waals surface area contributed by atoms with Crippen molar-refractivity contribution >= 4 is 5.84 Å². The normalized spacial score (nSPS) is 20.5.